The van der Waals surface area contributed by atoms with Gasteiger partial charge < -0.3 is 10.6 Å². The van der Waals surface area contributed by atoms with Crippen LogP contribution >= 0.6 is 0 Å². The van der Waals surface area contributed by atoms with Crippen molar-refractivity contribution in [3.63, 3.8) is 0 Å². The van der Waals surface area contributed by atoms with Gasteiger partial charge in [0, 0.05) is 6.54 Å². The molecule has 1 saturated carbocycles. The summed E-state index contributed by atoms with van der Waals surface area (Å²) in [5.41, 5.74) is 0.652. The average molecular weight is 220 g/mol. The number of halogens is 1. The van der Waals surface area contributed by atoms with Crippen LogP contribution in [0.25, 0.3) is 0 Å². The minimum atomic E-state index is -0.314. The number of hydrogen-bond donors (Lipinski definition) is 2. The lowest BCUT2D eigenvalue weighted by Crippen LogP contribution is -2.45. The maximum absolute atomic E-state index is 13.5. The number of carbonyl (C=O) groups excluding carboxylic acids is 1. The van der Waals surface area contributed by atoms with Crippen LogP contribution in [0, 0.1) is 11.2 Å². The Kier molecular flexibility index (Phi) is 1.93. The van der Waals surface area contributed by atoms with E-state index in [1.165, 1.54) is 6.07 Å². The lowest BCUT2D eigenvalue weighted by Gasteiger charge is -2.38. The van der Waals surface area contributed by atoms with Gasteiger partial charge in [-0.25, -0.2) is 4.39 Å². The van der Waals surface area contributed by atoms with Gasteiger partial charge in [0.25, 0.3) is 0 Å². The summed E-state index contributed by atoms with van der Waals surface area (Å²) in [6.45, 7) is 0.534. The number of amides is 1. The zero-order valence-corrected chi connectivity index (χ0v) is 8.85. The van der Waals surface area contributed by atoms with Crippen LogP contribution in [0.15, 0.2) is 18.2 Å². The predicted molar refractivity (Wildman–Crippen MR) is 59.8 cm³/mol. The minimum absolute atomic E-state index is 0.0237. The average Bonchev–Trinajstić information content (AvgIpc) is 2.34. The Balaban J connectivity index is 2.00. The van der Waals surface area contributed by atoms with E-state index in [9.17, 15) is 9.18 Å². The first-order valence-corrected chi connectivity index (χ1v) is 5.55. The van der Waals surface area contributed by atoms with Gasteiger partial charge in [0.05, 0.1) is 16.8 Å². The van der Waals surface area contributed by atoms with Gasteiger partial charge in [-0.1, -0.05) is 12.5 Å². The van der Waals surface area contributed by atoms with Crippen LogP contribution in [0.4, 0.5) is 15.8 Å². The molecule has 84 valence electrons. The molecule has 1 aliphatic carbocycles. The molecule has 0 radical (unpaired) electrons. The smallest absolute Gasteiger partial charge is 0.232 e. The molecule has 2 N–H and O–H groups in total. The van der Waals surface area contributed by atoms with Gasteiger partial charge in [0.2, 0.25) is 5.91 Å². The van der Waals surface area contributed by atoms with E-state index in [0.29, 0.717) is 17.9 Å². The van der Waals surface area contributed by atoms with Crippen molar-refractivity contribution in [1.82, 2.24) is 0 Å². The van der Waals surface area contributed by atoms with Crippen LogP contribution in [0.3, 0.4) is 0 Å². The highest BCUT2D eigenvalue weighted by Crippen LogP contribution is 2.44. The van der Waals surface area contributed by atoms with E-state index in [-0.39, 0.29) is 17.1 Å². The second-order valence-electron chi connectivity index (χ2n) is 4.60. The third-order valence-electron chi connectivity index (χ3n) is 3.66. The molecule has 3 rings (SSSR count). The van der Waals surface area contributed by atoms with Gasteiger partial charge >= 0.3 is 0 Å². The zero-order chi connectivity index (χ0) is 11.2. The molecule has 1 spiro atoms. The van der Waals surface area contributed by atoms with Crippen LogP contribution < -0.4 is 10.6 Å². The number of nitrogens with one attached hydrogen (secondary N) is 2. The summed E-state index contributed by atoms with van der Waals surface area (Å²) in [5.74, 6) is -0.287. The molecule has 16 heavy (non-hydrogen) atoms. The topological polar surface area (TPSA) is 41.1 Å². The SMILES string of the molecule is O=C1Nc2cccc(F)c2NCC12CCC2. The second kappa shape index (κ2) is 3.20. The largest absolute Gasteiger partial charge is 0.380 e. The first-order chi connectivity index (χ1) is 7.71. The molecule has 1 aliphatic heterocycles. The summed E-state index contributed by atoms with van der Waals surface area (Å²) in [7, 11) is 0. The van der Waals surface area contributed by atoms with Crippen molar-refractivity contribution in [3.8, 4) is 0 Å². The fourth-order valence-electron chi connectivity index (χ4n) is 2.41. The molecule has 1 amide bonds. The summed E-state index contributed by atoms with van der Waals surface area (Å²) in [6, 6.07) is 4.73. The highest BCUT2D eigenvalue weighted by atomic mass is 19.1. The number of carbonyl (C=O) groups is 1. The second-order valence-corrected chi connectivity index (χ2v) is 4.60. The van der Waals surface area contributed by atoms with Gasteiger partial charge in [0.15, 0.2) is 0 Å². The van der Waals surface area contributed by atoms with Crippen molar-refractivity contribution in [3.05, 3.63) is 24.0 Å². The van der Waals surface area contributed by atoms with E-state index in [1.807, 2.05) is 0 Å². The molecule has 0 aromatic heterocycles. The number of benzene rings is 1. The first kappa shape index (κ1) is 9.63. The Labute approximate surface area is 93.0 Å². The van der Waals surface area contributed by atoms with Crippen molar-refractivity contribution < 1.29 is 9.18 Å². The van der Waals surface area contributed by atoms with Crippen molar-refractivity contribution in [1.29, 1.82) is 0 Å². The summed E-state index contributed by atoms with van der Waals surface area (Å²) < 4.78 is 13.5. The van der Waals surface area contributed by atoms with Crippen molar-refractivity contribution in [2.45, 2.75) is 19.3 Å². The normalized spacial score (nSPS) is 21.4. The summed E-state index contributed by atoms with van der Waals surface area (Å²) >= 11 is 0. The van der Waals surface area contributed by atoms with E-state index < -0.39 is 0 Å². The van der Waals surface area contributed by atoms with Crippen molar-refractivity contribution in [2.75, 3.05) is 17.2 Å². The standard InChI is InChI=1S/C12H13FN2O/c13-8-3-1-4-9-10(8)14-7-12(5-2-6-12)11(16)15-9/h1,3-4,14H,2,5-7H2,(H,15,16). The Morgan fingerprint density at radius 2 is 2.12 bits per heavy atom. The third kappa shape index (κ3) is 1.22. The number of anilines is 2. The number of hydrogen-bond acceptors (Lipinski definition) is 2. The number of fused-ring (bicyclic) bond motifs is 1. The molecular formula is C12H13FN2O. The highest BCUT2D eigenvalue weighted by Gasteiger charge is 2.45. The fraction of sp³-hybridized carbons (Fsp3) is 0.417. The van der Waals surface area contributed by atoms with Gasteiger partial charge in [-0.05, 0) is 25.0 Å². The van der Waals surface area contributed by atoms with Gasteiger partial charge in [-0.15, -0.1) is 0 Å². The van der Waals surface area contributed by atoms with E-state index >= 15 is 0 Å². The number of rotatable bonds is 0. The fourth-order valence-corrected chi connectivity index (χ4v) is 2.41. The van der Waals surface area contributed by atoms with E-state index in [2.05, 4.69) is 10.6 Å². The molecule has 4 heteroatoms. The van der Waals surface area contributed by atoms with Crippen LogP contribution in [0.2, 0.25) is 0 Å². The Hall–Kier alpha value is -1.58. The van der Waals surface area contributed by atoms with E-state index in [1.54, 1.807) is 12.1 Å². The molecule has 1 fully saturated rings. The molecule has 0 unspecified atom stereocenters. The maximum Gasteiger partial charge on any atom is 0.232 e. The van der Waals surface area contributed by atoms with E-state index in [4.69, 9.17) is 0 Å². The van der Waals surface area contributed by atoms with Crippen LogP contribution in [0.5, 0.6) is 0 Å². The molecular weight excluding hydrogens is 207 g/mol. The Bertz CT molecular complexity index is 454. The van der Waals surface area contributed by atoms with Crippen molar-refractivity contribution >= 4 is 17.3 Å². The molecule has 0 atom stereocenters. The number of para-hydroxylation sites is 1. The van der Waals surface area contributed by atoms with Gasteiger partial charge in [0.1, 0.15) is 5.82 Å². The quantitative estimate of drug-likeness (QED) is 0.704. The molecule has 1 heterocycles. The Morgan fingerprint density at radius 1 is 1.31 bits per heavy atom. The summed E-state index contributed by atoms with van der Waals surface area (Å²) in [4.78, 5) is 12.0. The summed E-state index contributed by atoms with van der Waals surface area (Å²) in [5, 5.41) is 5.87. The lowest BCUT2D eigenvalue weighted by molar-refractivity contribution is -0.129. The van der Waals surface area contributed by atoms with Crippen LogP contribution in [0.1, 0.15) is 19.3 Å². The maximum atomic E-state index is 13.5. The van der Waals surface area contributed by atoms with Crippen molar-refractivity contribution in [2.24, 2.45) is 5.41 Å². The van der Waals surface area contributed by atoms with Gasteiger partial charge in [-0.3, -0.25) is 4.79 Å². The Morgan fingerprint density at radius 3 is 2.81 bits per heavy atom. The molecule has 3 nitrogen and oxygen atoms in total. The molecule has 0 saturated heterocycles. The van der Waals surface area contributed by atoms with E-state index in [0.717, 1.165) is 19.3 Å². The summed E-state index contributed by atoms with van der Waals surface area (Å²) in [6.07, 6.45) is 2.86. The predicted octanol–water partition coefficient (Wildman–Crippen LogP) is 2.36. The van der Waals surface area contributed by atoms with Crippen LogP contribution in [-0.2, 0) is 4.79 Å². The highest BCUT2D eigenvalue weighted by molar-refractivity contribution is 6.00. The van der Waals surface area contributed by atoms with Crippen LogP contribution in [-0.4, -0.2) is 12.5 Å². The first-order valence-electron chi connectivity index (χ1n) is 5.55. The monoisotopic (exact) mass is 220 g/mol. The minimum Gasteiger partial charge on any atom is -0.380 e. The zero-order valence-electron chi connectivity index (χ0n) is 8.85. The third-order valence-corrected chi connectivity index (χ3v) is 3.66. The molecule has 0 bridgehead atoms. The molecule has 1 aromatic rings. The molecule has 2 aliphatic rings. The molecule has 1 aromatic carbocycles. The van der Waals surface area contributed by atoms with Gasteiger partial charge in [-0.2, -0.15) is 0 Å². The lowest BCUT2D eigenvalue weighted by atomic mass is 9.68.